The average molecular weight is 518 g/mol. The standard InChI is InChI=1S/C30H36FN5O2/c1-30-14-13-19-18-5-4-6-24(31)20(18)8-9-21(19)27(30)22(23-16-33-35-28(23)30)10-12-26(37)34-25-11-7-17(15-32-25)29(38)36(2)3/h4-7,11,15-16,19-22,24,27H,8-10,12-14H2,1-3H3,(H,33,35)(H,32,34,37)/t19?,20?,21?,22-,24?,27?,30+/m1/s1. The first kappa shape index (κ1) is 25.0. The van der Waals surface area contributed by atoms with Crippen LogP contribution in [0.5, 0.6) is 0 Å². The minimum atomic E-state index is -0.868. The molecule has 0 aromatic carbocycles. The van der Waals surface area contributed by atoms with Crippen LogP contribution >= 0.6 is 0 Å². The lowest BCUT2D eigenvalue weighted by Gasteiger charge is -2.53. The van der Waals surface area contributed by atoms with Crippen molar-refractivity contribution in [3.05, 3.63) is 65.1 Å². The van der Waals surface area contributed by atoms with E-state index in [0.717, 1.165) is 32.1 Å². The van der Waals surface area contributed by atoms with Crippen LogP contribution in [0.25, 0.3) is 0 Å². The highest BCUT2D eigenvalue weighted by Crippen LogP contribution is 2.64. The molecule has 0 saturated heterocycles. The van der Waals surface area contributed by atoms with E-state index in [1.807, 2.05) is 12.3 Å². The van der Waals surface area contributed by atoms with Gasteiger partial charge in [0.15, 0.2) is 0 Å². The summed E-state index contributed by atoms with van der Waals surface area (Å²) in [4.78, 5) is 30.9. The van der Waals surface area contributed by atoms with Crippen LogP contribution in [0.4, 0.5) is 10.2 Å². The number of aromatic amines is 1. The summed E-state index contributed by atoms with van der Waals surface area (Å²) in [5.41, 5.74) is 4.27. The van der Waals surface area contributed by atoms with E-state index in [1.165, 1.54) is 27.9 Å². The number of nitrogens with one attached hydrogen (secondary N) is 2. The molecule has 7 atom stereocenters. The number of allylic oxidation sites excluding steroid dienone is 4. The summed E-state index contributed by atoms with van der Waals surface area (Å²) in [6.45, 7) is 2.37. The number of halogens is 1. The Morgan fingerprint density at radius 2 is 2.03 bits per heavy atom. The number of H-pyrrole nitrogens is 1. The zero-order chi connectivity index (χ0) is 26.6. The second kappa shape index (κ2) is 9.47. The minimum absolute atomic E-state index is 0.00246. The van der Waals surface area contributed by atoms with E-state index in [4.69, 9.17) is 0 Å². The third-order valence-corrected chi connectivity index (χ3v) is 9.76. The van der Waals surface area contributed by atoms with Gasteiger partial charge in [-0.25, -0.2) is 9.37 Å². The van der Waals surface area contributed by atoms with Crippen molar-refractivity contribution in [3.8, 4) is 0 Å². The van der Waals surface area contributed by atoms with Gasteiger partial charge < -0.3 is 10.2 Å². The molecule has 2 N–H and O–H groups in total. The highest BCUT2D eigenvalue weighted by atomic mass is 19.1. The fourth-order valence-corrected chi connectivity index (χ4v) is 8.11. The first-order valence-corrected chi connectivity index (χ1v) is 13.8. The second-order valence-corrected chi connectivity index (χ2v) is 12.0. The van der Waals surface area contributed by atoms with Crippen molar-refractivity contribution in [2.24, 2.45) is 23.7 Å². The third kappa shape index (κ3) is 4.00. The minimum Gasteiger partial charge on any atom is -0.345 e. The number of amides is 2. The summed E-state index contributed by atoms with van der Waals surface area (Å²) in [5.74, 6) is 1.79. The maximum absolute atomic E-state index is 14.7. The molecule has 2 aromatic heterocycles. The van der Waals surface area contributed by atoms with E-state index < -0.39 is 6.17 Å². The summed E-state index contributed by atoms with van der Waals surface area (Å²) < 4.78 is 14.7. The Hall–Kier alpha value is -3.29. The first-order valence-electron chi connectivity index (χ1n) is 13.8. The molecule has 4 aliphatic rings. The van der Waals surface area contributed by atoms with Crippen molar-refractivity contribution in [1.82, 2.24) is 20.1 Å². The normalized spacial score (nSPS) is 32.9. The van der Waals surface area contributed by atoms with Gasteiger partial charge in [0, 0.05) is 43.7 Å². The molecule has 7 nitrogen and oxygen atoms in total. The molecule has 5 unspecified atom stereocenters. The van der Waals surface area contributed by atoms with Crippen molar-refractivity contribution < 1.29 is 14.0 Å². The molecule has 2 saturated carbocycles. The Morgan fingerprint density at radius 3 is 2.79 bits per heavy atom. The van der Waals surface area contributed by atoms with Gasteiger partial charge in [-0.3, -0.25) is 14.7 Å². The van der Waals surface area contributed by atoms with E-state index in [0.29, 0.717) is 35.6 Å². The predicted molar refractivity (Wildman–Crippen MR) is 143 cm³/mol. The average Bonchev–Trinajstić information content (AvgIpc) is 3.48. The van der Waals surface area contributed by atoms with Gasteiger partial charge in [-0.2, -0.15) is 5.10 Å². The van der Waals surface area contributed by atoms with Crippen molar-refractivity contribution in [1.29, 1.82) is 0 Å². The number of carbonyl (C=O) groups is 2. The molecule has 2 amide bonds. The number of pyridine rings is 1. The van der Waals surface area contributed by atoms with Gasteiger partial charge >= 0.3 is 0 Å². The number of nitrogens with zero attached hydrogens (tertiary/aromatic N) is 3. The highest BCUT2D eigenvalue weighted by Gasteiger charge is 2.58. The lowest BCUT2D eigenvalue weighted by atomic mass is 9.51. The van der Waals surface area contributed by atoms with Gasteiger partial charge in [-0.1, -0.05) is 30.7 Å². The summed E-state index contributed by atoms with van der Waals surface area (Å²) in [5, 5.41) is 10.6. The monoisotopic (exact) mass is 517 g/mol. The molecule has 0 radical (unpaired) electrons. The molecule has 2 fully saturated rings. The quantitative estimate of drug-likeness (QED) is 0.573. The third-order valence-electron chi connectivity index (χ3n) is 9.76. The molecule has 4 aliphatic carbocycles. The molecule has 0 aliphatic heterocycles. The van der Waals surface area contributed by atoms with Gasteiger partial charge in [0.2, 0.25) is 5.91 Å². The van der Waals surface area contributed by atoms with Crippen molar-refractivity contribution >= 4 is 17.6 Å². The molecule has 200 valence electrons. The zero-order valence-corrected chi connectivity index (χ0v) is 22.3. The van der Waals surface area contributed by atoms with Crippen molar-refractivity contribution in [3.63, 3.8) is 0 Å². The molecule has 2 heterocycles. The van der Waals surface area contributed by atoms with Gasteiger partial charge in [-0.05, 0) is 73.5 Å². The van der Waals surface area contributed by atoms with Crippen LogP contribution in [0, 0.1) is 23.7 Å². The smallest absolute Gasteiger partial charge is 0.254 e. The summed E-state index contributed by atoms with van der Waals surface area (Å²) in [6.07, 6.45) is 13.5. The molecule has 8 heteroatoms. The Balaban J connectivity index is 1.19. The van der Waals surface area contributed by atoms with E-state index in [-0.39, 0.29) is 29.1 Å². The lowest BCUT2D eigenvalue weighted by molar-refractivity contribution is -0.116. The number of alkyl halides is 1. The highest BCUT2D eigenvalue weighted by molar-refractivity contribution is 5.94. The summed E-state index contributed by atoms with van der Waals surface area (Å²) >= 11 is 0. The maximum Gasteiger partial charge on any atom is 0.254 e. The fourth-order valence-electron chi connectivity index (χ4n) is 8.11. The lowest BCUT2D eigenvalue weighted by Crippen LogP contribution is -2.48. The molecule has 38 heavy (non-hydrogen) atoms. The fraction of sp³-hybridized carbons (Fsp3) is 0.533. The van der Waals surface area contributed by atoms with Crippen LogP contribution in [0.15, 0.2) is 48.3 Å². The van der Waals surface area contributed by atoms with Crippen molar-refractivity contribution in [2.75, 3.05) is 19.4 Å². The molecule has 2 aromatic rings. The number of anilines is 1. The predicted octanol–water partition coefficient (Wildman–Crippen LogP) is 5.17. The summed E-state index contributed by atoms with van der Waals surface area (Å²) in [6, 6.07) is 3.35. The Bertz CT molecular complexity index is 1300. The molecule has 6 rings (SSSR count). The molecule has 0 spiro atoms. The molecular formula is C30H36FN5O2. The van der Waals surface area contributed by atoms with Crippen LogP contribution in [-0.4, -0.2) is 52.2 Å². The van der Waals surface area contributed by atoms with E-state index >= 15 is 0 Å². The van der Waals surface area contributed by atoms with Gasteiger partial charge in [-0.15, -0.1) is 0 Å². The van der Waals surface area contributed by atoms with Gasteiger partial charge in [0.25, 0.3) is 5.91 Å². The second-order valence-electron chi connectivity index (χ2n) is 12.0. The number of carbonyl (C=O) groups excluding carboxylic acids is 2. The molecular weight excluding hydrogens is 481 g/mol. The number of hydrogen-bond acceptors (Lipinski definition) is 4. The van der Waals surface area contributed by atoms with Gasteiger partial charge in [0.1, 0.15) is 12.0 Å². The van der Waals surface area contributed by atoms with Crippen molar-refractivity contribution in [2.45, 2.75) is 63.0 Å². The Kier molecular flexibility index (Phi) is 6.23. The van der Waals surface area contributed by atoms with E-state index in [1.54, 1.807) is 32.3 Å². The van der Waals surface area contributed by atoms with E-state index in [2.05, 4.69) is 33.5 Å². The number of hydrogen-bond donors (Lipinski definition) is 2. The number of aromatic nitrogens is 3. The van der Waals surface area contributed by atoms with Gasteiger partial charge in [0.05, 0.1) is 11.8 Å². The number of fused-ring (bicyclic) bond motifs is 7. The number of rotatable bonds is 5. The topological polar surface area (TPSA) is 91.0 Å². The van der Waals surface area contributed by atoms with Crippen LogP contribution < -0.4 is 5.32 Å². The van der Waals surface area contributed by atoms with Crippen LogP contribution in [0.3, 0.4) is 0 Å². The SMILES string of the molecule is CN(C)C(=O)c1ccc(NC(=O)CC[C@@H]2c3cn[nH]c3[C@@]3(C)CCC4C5=CC=CC(F)C5CCC4C23)nc1. The Labute approximate surface area is 223 Å². The molecule has 0 bridgehead atoms. The first-order chi connectivity index (χ1) is 18.3. The Morgan fingerprint density at radius 1 is 1.18 bits per heavy atom. The maximum atomic E-state index is 14.7. The largest absolute Gasteiger partial charge is 0.345 e. The van der Waals surface area contributed by atoms with Crippen LogP contribution in [0.2, 0.25) is 0 Å². The van der Waals surface area contributed by atoms with Crippen LogP contribution in [0.1, 0.15) is 73.0 Å². The van der Waals surface area contributed by atoms with E-state index in [9.17, 15) is 14.0 Å². The van der Waals surface area contributed by atoms with Crippen LogP contribution in [-0.2, 0) is 10.2 Å². The summed E-state index contributed by atoms with van der Waals surface area (Å²) in [7, 11) is 3.39. The zero-order valence-electron chi connectivity index (χ0n) is 22.3.